The van der Waals surface area contributed by atoms with Crippen LogP contribution in [0.4, 0.5) is 5.95 Å². The largest absolute Gasteiger partial charge is 0.351 e. The molecule has 0 aliphatic rings. The van der Waals surface area contributed by atoms with Gasteiger partial charge in [0.25, 0.3) is 0 Å². The molecule has 0 fully saturated rings. The maximum Gasteiger partial charge on any atom is 0.250 e. The fourth-order valence-corrected chi connectivity index (χ4v) is 2.40. The Morgan fingerprint density at radius 2 is 1.39 bits per heavy atom. The maximum atomic E-state index is 5.85. The summed E-state index contributed by atoms with van der Waals surface area (Å²) in [6.45, 7) is 4.22. The number of halogens is 6. The zero-order valence-electron chi connectivity index (χ0n) is 12.7. The Morgan fingerprint density at radius 3 is 1.78 bits per heavy atom. The smallest absolute Gasteiger partial charge is 0.250 e. The Labute approximate surface area is 166 Å². The van der Waals surface area contributed by atoms with Gasteiger partial charge in [0, 0.05) is 6.04 Å². The fourth-order valence-electron chi connectivity index (χ4n) is 1.90. The van der Waals surface area contributed by atoms with Gasteiger partial charge < -0.3 is 5.32 Å². The van der Waals surface area contributed by atoms with Crippen LogP contribution in [-0.2, 0) is 7.59 Å². The number of alkyl halides is 6. The van der Waals surface area contributed by atoms with Gasteiger partial charge in [-0.15, -0.1) is 0 Å². The van der Waals surface area contributed by atoms with Crippen LogP contribution in [0.25, 0.3) is 0 Å². The van der Waals surface area contributed by atoms with E-state index < -0.39 is 7.59 Å². The highest BCUT2D eigenvalue weighted by Gasteiger charge is 2.34. The number of anilines is 1. The van der Waals surface area contributed by atoms with Crippen molar-refractivity contribution in [2.24, 2.45) is 0 Å². The highest BCUT2D eigenvalue weighted by molar-refractivity contribution is 6.67. The van der Waals surface area contributed by atoms with E-state index in [0.29, 0.717) is 0 Å². The number of rotatable bonds is 7. The Kier molecular flexibility index (Phi) is 8.73. The van der Waals surface area contributed by atoms with E-state index in [1.54, 1.807) is 0 Å². The number of nitrogens with zero attached hydrogens (tertiary/aromatic N) is 3. The Bertz CT molecular complexity index is 468. The molecule has 1 rings (SSSR count). The highest BCUT2D eigenvalue weighted by atomic mass is 35.6. The van der Waals surface area contributed by atoms with Crippen molar-refractivity contribution in [3.05, 3.63) is 11.6 Å². The highest BCUT2D eigenvalue weighted by Crippen LogP contribution is 2.40. The van der Waals surface area contributed by atoms with E-state index in [1.165, 1.54) is 0 Å². The molecule has 0 aliphatic carbocycles. The van der Waals surface area contributed by atoms with Crippen molar-refractivity contribution in [2.45, 2.75) is 59.6 Å². The summed E-state index contributed by atoms with van der Waals surface area (Å²) in [5, 5.41) is 3.20. The molecular weight excluding hydrogens is 425 g/mol. The zero-order valence-corrected chi connectivity index (χ0v) is 17.3. The van der Waals surface area contributed by atoms with Gasteiger partial charge in [0.15, 0.2) is 11.6 Å². The number of nitrogens with one attached hydrogen (secondary N) is 1. The molecule has 0 saturated heterocycles. The first kappa shape index (κ1) is 21.6. The second-order valence-corrected chi connectivity index (χ2v) is 9.61. The van der Waals surface area contributed by atoms with Gasteiger partial charge in [-0.25, -0.2) is 4.98 Å². The molecule has 4 nitrogen and oxygen atoms in total. The van der Waals surface area contributed by atoms with Gasteiger partial charge in [-0.05, 0) is 12.8 Å². The van der Waals surface area contributed by atoms with Crippen molar-refractivity contribution in [1.82, 2.24) is 15.0 Å². The number of hydrogen-bond donors (Lipinski definition) is 1. The van der Waals surface area contributed by atoms with Crippen LogP contribution >= 0.6 is 69.6 Å². The first-order valence-corrected chi connectivity index (χ1v) is 9.51. The summed E-state index contributed by atoms with van der Waals surface area (Å²) in [5.74, 6) is 0.0421. The molecule has 1 aromatic heterocycles. The van der Waals surface area contributed by atoms with Crippen LogP contribution in [0.5, 0.6) is 0 Å². The standard InChI is InChI=1S/C13H18Cl6N4/c1-3-5-6-7-8(4-2)20-11-22-9(12(14,15)16)21-10(23-11)13(17,18)19/h8H,3-7H2,1-2H3,(H,20,21,22,23). The molecule has 23 heavy (non-hydrogen) atoms. The van der Waals surface area contributed by atoms with Crippen LogP contribution in [0.2, 0.25) is 0 Å². The fraction of sp³-hybridized carbons (Fsp3) is 0.769. The summed E-state index contributed by atoms with van der Waals surface area (Å²) in [6.07, 6.45) is 5.27. The molecular formula is C13H18Cl6N4. The minimum absolute atomic E-state index is 0.0928. The van der Waals surface area contributed by atoms with E-state index in [4.69, 9.17) is 69.6 Å². The van der Waals surface area contributed by atoms with E-state index in [1.807, 2.05) is 0 Å². The lowest BCUT2D eigenvalue weighted by atomic mass is 10.1. The molecule has 1 N–H and O–H groups in total. The lowest BCUT2D eigenvalue weighted by molar-refractivity contribution is 0.569. The molecule has 1 heterocycles. The molecule has 1 unspecified atom stereocenters. The molecule has 0 saturated carbocycles. The minimum atomic E-state index is -1.84. The van der Waals surface area contributed by atoms with Gasteiger partial charge in [0.1, 0.15) is 0 Å². The molecule has 0 bridgehead atoms. The predicted molar refractivity (Wildman–Crippen MR) is 100 cm³/mol. The third-order valence-corrected chi connectivity index (χ3v) is 4.14. The second kappa shape index (κ2) is 9.30. The number of aromatic nitrogens is 3. The molecule has 0 spiro atoms. The van der Waals surface area contributed by atoms with Gasteiger partial charge >= 0.3 is 0 Å². The molecule has 1 aromatic rings. The average molecular weight is 443 g/mol. The molecule has 0 amide bonds. The van der Waals surface area contributed by atoms with Crippen molar-refractivity contribution in [2.75, 3.05) is 5.32 Å². The summed E-state index contributed by atoms with van der Waals surface area (Å²) >= 11 is 35.1. The number of hydrogen-bond acceptors (Lipinski definition) is 4. The second-order valence-electron chi connectivity index (χ2n) is 5.05. The first-order valence-electron chi connectivity index (χ1n) is 7.24. The molecule has 132 valence electrons. The maximum absolute atomic E-state index is 5.85. The topological polar surface area (TPSA) is 50.7 Å². The summed E-state index contributed by atoms with van der Waals surface area (Å²) in [7, 11) is 0. The Hall–Kier alpha value is 0.550. The van der Waals surface area contributed by atoms with Crippen LogP contribution in [-0.4, -0.2) is 21.0 Å². The normalized spacial score (nSPS) is 13.9. The lowest BCUT2D eigenvalue weighted by Gasteiger charge is -2.20. The zero-order chi connectivity index (χ0) is 17.7. The SMILES string of the molecule is CCCCCC(CC)Nc1nc(C(Cl)(Cl)Cl)nc(C(Cl)(Cl)Cl)n1. The first-order chi connectivity index (χ1) is 10.6. The van der Waals surface area contributed by atoms with Gasteiger partial charge in [-0.2, -0.15) is 9.97 Å². The average Bonchev–Trinajstić information content (AvgIpc) is 2.44. The van der Waals surface area contributed by atoms with Crippen LogP contribution in [0.3, 0.4) is 0 Å². The quantitative estimate of drug-likeness (QED) is 0.398. The minimum Gasteiger partial charge on any atom is -0.351 e. The van der Waals surface area contributed by atoms with Gasteiger partial charge in [-0.3, -0.25) is 0 Å². The third-order valence-electron chi connectivity index (χ3n) is 3.12. The summed E-state index contributed by atoms with van der Waals surface area (Å²) in [5.41, 5.74) is 0. The Morgan fingerprint density at radius 1 is 0.870 bits per heavy atom. The number of unbranched alkanes of at least 4 members (excludes halogenated alkanes) is 2. The predicted octanol–water partition coefficient (Wildman–Crippen LogP) is 6.30. The Balaban J connectivity index is 3.04. The molecule has 0 radical (unpaired) electrons. The molecule has 1 atom stereocenters. The van der Waals surface area contributed by atoms with Crippen LogP contribution in [0, 0.1) is 0 Å². The van der Waals surface area contributed by atoms with E-state index in [9.17, 15) is 0 Å². The van der Waals surface area contributed by atoms with Crippen molar-refractivity contribution in [3.8, 4) is 0 Å². The molecule has 0 aromatic carbocycles. The molecule has 10 heteroatoms. The van der Waals surface area contributed by atoms with E-state index in [-0.39, 0.29) is 23.6 Å². The monoisotopic (exact) mass is 440 g/mol. The van der Waals surface area contributed by atoms with Crippen LogP contribution in [0.15, 0.2) is 0 Å². The molecule has 0 aliphatic heterocycles. The summed E-state index contributed by atoms with van der Waals surface area (Å²) in [6, 6.07) is 0.176. The summed E-state index contributed by atoms with van der Waals surface area (Å²) < 4.78 is -3.68. The van der Waals surface area contributed by atoms with E-state index >= 15 is 0 Å². The summed E-state index contributed by atoms with van der Waals surface area (Å²) in [4.78, 5) is 12.2. The van der Waals surface area contributed by atoms with E-state index in [2.05, 4.69) is 34.1 Å². The van der Waals surface area contributed by atoms with Crippen LogP contribution < -0.4 is 5.32 Å². The van der Waals surface area contributed by atoms with Crippen molar-refractivity contribution in [3.63, 3.8) is 0 Å². The van der Waals surface area contributed by atoms with Gasteiger partial charge in [0.2, 0.25) is 13.5 Å². The third kappa shape index (κ3) is 7.54. The van der Waals surface area contributed by atoms with Crippen molar-refractivity contribution < 1.29 is 0 Å². The van der Waals surface area contributed by atoms with E-state index in [0.717, 1.165) is 32.1 Å². The van der Waals surface area contributed by atoms with Crippen LogP contribution in [0.1, 0.15) is 57.6 Å². The van der Waals surface area contributed by atoms with Gasteiger partial charge in [0.05, 0.1) is 0 Å². The lowest BCUT2D eigenvalue weighted by Crippen LogP contribution is -2.24. The van der Waals surface area contributed by atoms with Gasteiger partial charge in [-0.1, -0.05) is 103 Å². The van der Waals surface area contributed by atoms with Crippen molar-refractivity contribution in [1.29, 1.82) is 0 Å². The van der Waals surface area contributed by atoms with Crippen molar-refractivity contribution >= 4 is 75.6 Å².